The van der Waals surface area contributed by atoms with Crippen molar-refractivity contribution in [1.82, 2.24) is 15.0 Å². The third-order valence-electron chi connectivity index (χ3n) is 17.8. The van der Waals surface area contributed by atoms with Gasteiger partial charge in [-0.3, -0.25) is 15.0 Å². The molecule has 5 heterocycles. The molecule has 3 aromatic heterocycles. The Morgan fingerprint density at radius 3 is 1.82 bits per heavy atom. The summed E-state index contributed by atoms with van der Waals surface area (Å²) in [5.41, 5.74) is 13.1. The first-order valence-electron chi connectivity index (χ1n) is 25.6. The van der Waals surface area contributed by atoms with E-state index in [2.05, 4.69) is 197 Å². The molecular formula is C66H53N3O2. The minimum Gasteiger partial charge on any atom is -0.492 e. The van der Waals surface area contributed by atoms with Gasteiger partial charge in [0.1, 0.15) is 11.5 Å². The van der Waals surface area contributed by atoms with E-state index in [1.807, 2.05) is 0 Å². The Labute approximate surface area is 413 Å². The van der Waals surface area contributed by atoms with Gasteiger partial charge in [-0.25, -0.2) is 0 Å². The summed E-state index contributed by atoms with van der Waals surface area (Å²) >= 11 is 0. The first-order chi connectivity index (χ1) is 34.7. The number of hydrogen-bond donors (Lipinski definition) is 0. The zero-order chi connectivity index (χ0) is 47.3. The summed E-state index contributed by atoms with van der Waals surface area (Å²) in [7, 11) is 0. The molecule has 5 heteroatoms. The van der Waals surface area contributed by atoms with Gasteiger partial charge in [0.15, 0.2) is 0 Å². The summed E-state index contributed by atoms with van der Waals surface area (Å²) in [5, 5.41) is 10.7. The van der Waals surface area contributed by atoms with Crippen LogP contribution in [-0.2, 0) is 28.1 Å². The average Bonchev–Trinajstić information content (AvgIpc) is 4.18. The molecule has 15 rings (SSSR count). The number of ether oxygens (including phenoxy) is 2. The van der Waals surface area contributed by atoms with Crippen molar-refractivity contribution in [2.45, 2.75) is 80.5 Å². The molecule has 11 aromatic rings. The molecule has 344 valence electrons. The van der Waals surface area contributed by atoms with Crippen molar-refractivity contribution in [3.8, 4) is 11.5 Å². The van der Waals surface area contributed by atoms with E-state index in [-0.39, 0.29) is 21.7 Å². The molecule has 0 radical (unpaired) electrons. The van der Waals surface area contributed by atoms with E-state index >= 15 is 0 Å². The summed E-state index contributed by atoms with van der Waals surface area (Å²) in [6, 6.07) is 58.5. The molecule has 2 aliphatic carbocycles. The zero-order valence-electron chi connectivity index (χ0n) is 40.4. The second-order valence-corrected chi connectivity index (χ2v) is 22.4. The minimum atomic E-state index is -0.283. The normalized spacial score (nSPS) is 21.6. The largest absolute Gasteiger partial charge is 0.492 e. The van der Waals surface area contributed by atoms with Gasteiger partial charge in [0.25, 0.3) is 0 Å². The fraction of sp³-hybridized carbons (Fsp3) is 0.227. The highest BCUT2D eigenvalue weighted by Crippen LogP contribution is 2.59. The summed E-state index contributed by atoms with van der Waals surface area (Å²) in [6.45, 7) is 8.43. The minimum absolute atomic E-state index is 0.0478. The summed E-state index contributed by atoms with van der Waals surface area (Å²) in [4.78, 5) is 15.6. The van der Waals surface area contributed by atoms with Crippen LogP contribution in [-0.4, -0.2) is 28.2 Å². The zero-order valence-corrected chi connectivity index (χ0v) is 40.4. The lowest BCUT2D eigenvalue weighted by Crippen LogP contribution is -2.29. The van der Waals surface area contributed by atoms with Crippen LogP contribution in [0, 0.1) is 0 Å². The Hall–Kier alpha value is -7.63. The van der Waals surface area contributed by atoms with Crippen LogP contribution < -0.4 is 9.47 Å². The number of benzene rings is 8. The van der Waals surface area contributed by atoms with Crippen molar-refractivity contribution in [1.29, 1.82) is 0 Å². The molecule has 1 fully saturated rings. The molecule has 0 amide bonds. The van der Waals surface area contributed by atoms with Crippen LogP contribution in [0.2, 0.25) is 0 Å². The maximum Gasteiger partial charge on any atom is 0.134 e. The van der Waals surface area contributed by atoms with Crippen LogP contribution in [0.1, 0.15) is 96.9 Å². The van der Waals surface area contributed by atoms with Gasteiger partial charge >= 0.3 is 0 Å². The number of nitrogens with zero attached hydrogens (tertiary/aromatic N) is 3. The highest BCUT2D eigenvalue weighted by molar-refractivity contribution is 6.10. The number of rotatable bonds is 5. The average molecular weight is 920 g/mol. The van der Waals surface area contributed by atoms with Crippen molar-refractivity contribution >= 4 is 65.0 Å². The molecule has 71 heavy (non-hydrogen) atoms. The Morgan fingerprint density at radius 2 is 1.07 bits per heavy atom. The third kappa shape index (κ3) is 5.84. The van der Waals surface area contributed by atoms with Crippen LogP contribution in [0.3, 0.4) is 0 Å². The maximum absolute atomic E-state index is 6.78. The fourth-order valence-corrected chi connectivity index (χ4v) is 14.3. The molecule has 8 aromatic carbocycles. The topological polar surface area (TPSA) is 57.1 Å². The molecule has 0 saturated heterocycles. The highest BCUT2D eigenvalue weighted by Gasteiger charge is 2.52. The Morgan fingerprint density at radius 1 is 0.507 bits per heavy atom. The fourth-order valence-electron chi connectivity index (χ4n) is 14.3. The van der Waals surface area contributed by atoms with E-state index in [0.717, 1.165) is 81.7 Å². The summed E-state index contributed by atoms with van der Waals surface area (Å²) in [5.74, 6) is 2.43. The quantitative estimate of drug-likeness (QED) is 0.161. The van der Waals surface area contributed by atoms with Gasteiger partial charge in [-0.1, -0.05) is 166 Å². The number of hydrogen-bond acceptors (Lipinski definition) is 5. The van der Waals surface area contributed by atoms with E-state index in [9.17, 15) is 0 Å². The van der Waals surface area contributed by atoms with Gasteiger partial charge in [-0.2, -0.15) is 0 Å². The number of aromatic nitrogens is 3. The van der Waals surface area contributed by atoms with Crippen molar-refractivity contribution in [3.05, 3.63) is 221 Å². The van der Waals surface area contributed by atoms with E-state index in [0.29, 0.717) is 19.1 Å². The third-order valence-corrected chi connectivity index (χ3v) is 17.8. The van der Waals surface area contributed by atoms with Gasteiger partial charge < -0.3 is 9.47 Å². The van der Waals surface area contributed by atoms with Gasteiger partial charge in [-0.15, -0.1) is 0 Å². The lowest BCUT2D eigenvalue weighted by atomic mass is 9.68. The van der Waals surface area contributed by atoms with Crippen LogP contribution >= 0.6 is 0 Å². The van der Waals surface area contributed by atoms with Crippen LogP contribution in [0.4, 0.5) is 0 Å². The molecule has 4 aliphatic rings. The lowest BCUT2D eigenvalue weighted by Gasteiger charge is -2.34. The molecule has 1 saturated carbocycles. The molecule has 0 N–H and O–H groups in total. The first kappa shape index (κ1) is 41.2. The van der Waals surface area contributed by atoms with Crippen molar-refractivity contribution in [2.24, 2.45) is 0 Å². The number of fused-ring (bicyclic) bond motifs is 16. The van der Waals surface area contributed by atoms with E-state index in [1.54, 1.807) is 0 Å². The number of pyridine rings is 3. The first-order valence-corrected chi connectivity index (χ1v) is 25.6. The molecule has 5 nitrogen and oxygen atoms in total. The van der Waals surface area contributed by atoms with Crippen LogP contribution in [0.15, 0.2) is 176 Å². The highest BCUT2D eigenvalue weighted by atomic mass is 16.5. The monoisotopic (exact) mass is 919 g/mol. The smallest absolute Gasteiger partial charge is 0.134 e. The van der Waals surface area contributed by atoms with Gasteiger partial charge in [-0.05, 0) is 105 Å². The second kappa shape index (κ2) is 14.7. The van der Waals surface area contributed by atoms with Gasteiger partial charge in [0.05, 0.1) is 29.8 Å². The Bertz CT molecular complexity index is 4010. The Kier molecular flexibility index (Phi) is 8.53. The predicted molar refractivity (Wildman–Crippen MR) is 288 cm³/mol. The van der Waals surface area contributed by atoms with E-state index in [1.165, 1.54) is 71.4 Å². The summed E-state index contributed by atoms with van der Waals surface area (Å²) in [6.07, 6.45) is 11.5. The summed E-state index contributed by atoms with van der Waals surface area (Å²) < 4.78 is 13.3. The van der Waals surface area contributed by atoms with E-state index in [4.69, 9.17) is 24.4 Å². The Balaban J connectivity index is 0.726. The SMILES string of the molecule is CC1(C)CC(c2ccccc2)(c2ccccc2)c2c1cnc1c2ccc2cc(C3CCC4(COc5c4cnc4c5ccc5cc(CC6(C)COc7c6cnc6c7ccc7ccccc76)ccc54)C3)ccc21. The van der Waals surface area contributed by atoms with Crippen LogP contribution in [0.25, 0.3) is 65.0 Å². The standard InChI is InChI=1S/C66H53N3O2/c1-63(2)37-66(46-13-6-4-7-14-46,47-15-8-5-9-16-47)57-51-25-21-44-31-42(20-24-50(44)58(51)67-34-54(57)63)45-28-29-65(33-45)39-71-62-53-27-22-43-30-40(18-23-49(43)60(53)69-36-56(62)65)32-64(3)38-70-61-52-26-19-41-12-10-11-17-48(41)59(52)68-35-55(61)64/h4-27,30-31,34-36,45H,28-29,32-33,37-39H2,1-3H3. The second-order valence-electron chi connectivity index (χ2n) is 22.4. The molecular weight excluding hydrogens is 867 g/mol. The lowest BCUT2D eigenvalue weighted by molar-refractivity contribution is 0.267. The molecule has 1 spiro atoms. The predicted octanol–water partition coefficient (Wildman–Crippen LogP) is 15.3. The van der Waals surface area contributed by atoms with Crippen LogP contribution in [0.5, 0.6) is 11.5 Å². The molecule has 3 unspecified atom stereocenters. The molecule has 3 atom stereocenters. The molecule has 0 bridgehead atoms. The van der Waals surface area contributed by atoms with Gasteiger partial charge in [0.2, 0.25) is 0 Å². The van der Waals surface area contributed by atoms with Crippen molar-refractivity contribution < 1.29 is 9.47 Å². The molecule has 2 aliphatic heterocycles. The van der Waals surface area contributed by atoms with Gasteiger partial charge in [0, 0.05) is 78.3 Å². The van der Waals surface area contributed by atoms with E-state index < -0.39 is 0 Å². The van der Waals surface area contributed by atoms with Crippen molar-refractivity contribution in [3.63, 3.8) is 0 Å². The maximum atomic E-state index is 6.78. The van der Waals surface area contributed by atoms with Crippen molar-refractivity contribution in [2.75, 3.05) is 13.2 Å².